The summed E-state index contributed by atoms with van der Waals surface area (Å²) in [5.74, 6) is 1.98. The first kappa shape index (κ1) is 18.5. The van der Waals surface area contributed by atoms with Crippen molar-refractivity contribution in [2.24, 2.45) is 5.10 Å². The Morgan fingerprint density at radius 1 is 1.00 bits per heavy atom. The first-order valence-electron chi connectivity index (χ1n) is 9.77. The molecule has 0 aliphatic carbocycles. The molecule has 2 atom stereocenters. The molecule has 0 N–H and O–H groups in total. The third-order valence-corrected chi connectivity index (χ3v) is 5.57. The fourth-order valence-corrected chi connectivity index (χ4v) is 4.08. The number of benzene rings is 3. The molecule has 0 amide bonds. The summed E-state index contributed by atoms with van der Waals surface area (Å²) in [5.41, 5.74) is 3.76. The largest absolute Gasteiger partial charge is 0.497 e. The van der Waals surface area contributed by atoms with E-state index in [-0.39, 0.29) is 11.9 Å². The number of ether oxygens (including phenoxy) is 3. The normalized spacial score (nSPS) is 19.4. The highest BCUT2D eigenvalue weighted by atomic mass is 19.1. The Morgan fingerprint density at radius 2 is 1.80 bits per heavy atom. The van der Waals surface area contributed by atoms with E-state index in [0.29, 0.717) is 12.2 Å². The minimum atomic E-state index is -0.438. The first-order valence-corrected chi connectivity index (χ1v) is 9.77. The molecule has 3 aromatic rings. The van der Waals surface area contributed by atoms with Crippen LogP contribution in [0.1, 0.15) is 35.4 Å². The van der Waals surface area contributed by atoms with E-state index in [1.807, 2.05) is 41.4 Å². The van der Waals surface area contributed by atoms with E-state index in [4.69, 9.17) is 19.3 Å². The topological polar surface area (TPSA) is 43.3 Å². The maximum Gasteiger partial charge on any atom is 0.213 e. The van der Waals surface area contributed by atoms with Crippen LogP contribution in [0.2, 0.25) is 0 Å². The first-order chi connectivity index (χ1) is 14.7. The molecule has 5 rings (SSSR count). The SMILES string of the molecule is COc1ccc(C2=NN3[C@H](C2)c2ccccc2O[C@H]3c2ccc(F)cc2)c(OC)c1. The number of methoxy groups -OCH3 is 2. The molecule has 0 saturated heterocycles. The van der Waals surface area contributed by atoms with E-state index < -0.39 is 6.23 Å². The maximum absolute atomic E-state index is 13.5. The summed E-state index contributed by atoms with van der Waals surface area (Å²) < 4.78 is 30.7. The molecule has 0 unspecified atom stereocenters. The van der Waals surface area contributed by atoms with Crippen LogP contribution in [0.4, 0.5) is 4.39 Å². The molecule has 0 aromatic heterocycles. The minimum Gasteiger partial charge on any atom is -0.497 e. The Balaban J connectivity index is 1.59. The maximum atomic E-state index is 13.5. The second-order valence-electron chi connectivity index (χ2n) is 7.27. The number of para-hydroxylation sites is 1. The fraction of sp³-hybridized carbons (Fsp3) is 0.208. The molecular formula is C24H21FN2O3. The van der Waals surface area contributed by atoms with Gasteiger partial charge in [-0.2, -0.15) is 5.10 Å². The van der Waals surface area contributed by atoms with Gasteiger partial charge in [0.1, 0.15) is 23.1 Å². The van der Waals surface area contributed by atoms with Crippen molar-refractivity contribution in [1.29, 1.82) is 0 Å². The summed E-state index contributed by atoms with van der Waals surface area (Å²) in [5, 5.41) is 6.90. The van der Waals surface area contributed by atoms with Crippen LogP contribution in [0, 0.1) is 5.82 Å². The van der Waals surface area contributed by atoms with E-state index >= 15 is 0 Å². The second kappa shape index (κ2) is 7.37. The second-order valence-corrected chi connectivity index (χ2v) is 7.27. The molecule has 30 heavy (non-hydrogen) atoms. The van der Waals surface area contributed by atoms with Crippen LogP contribution in [-0.4, -0.2) is 24.9 Å². The van der Waals surface area contributed by atoms with Gasteiger partial charge in [-0.05, 0) is 30.3 Å². The van der Waals surface area contributed by atoms with Crippen molar-refractivity contribution in [1.82, 2.24) is 5.01 Å². The van der Waals surface area contributed by atoms with E-state index in [0.717, 1.165) is 33.9 Å². The van der Waals surface area contributed by atoms with Gasteiger partial charge in [0.15, 0.2) is 0 Å². The molecule has 0 fully saturated rings. The molecule has 2 heterocycles. The van der Waals surface area contributed by atoms with Gasteiger partial charge in [-0.3, -0.25) is 0 Å². The van der Waals surface area contributed by atoms with Crippen molar-refractivity contribution in [3.63, 3.8) is 0 Å². The zero-order valence-electron chi connectivity index (χ0n) is 16.7. The van der Waals surface area contributed by atoms with Crippen LogP contribution in [0.5, 0.6) is 17.2 Å². The Hall–Kier alpha value is -3.54. The standard InChI is InChI=1S/C24H21FN2O3/c1-28-17-11-12-18(23(13-17)29-2)20-14-21-19-5-3-4-6-22(19)30-24(27(21)26-20)15-7-9-16(25)10-8-15/h3-13,21,24H,14H2,1-2H3/t21-,24+/m1/s1. The predicted octanol–water partition coefficient (Wildman–Crippen LogP) is 5.09. The van der Waals surface area contributed by atoms with Crippen molar-refractivity contribution in [3.05, 3.63) is 89.2 Å². The lowest BCUT2D eigenvalue weighted by Crippen LogP contribution is -2.33. The molecule has 2 aliphatic rings. The Labute approximate surface area is 174 Å². The number of hydrazone groups is 1. The summed E-state index contributed by atoms with van der Waals surface area (Å²) in [6, 6.07) is 20.1. The molecule has 0 spiro atoms. The van der Waals surface area contributed by atoms with Gasteiger partial charge in [0, 0.05) is 29.2 Å². The van der Waals surface area contributed by atoms with Crippen molar-refractivity contribution >= 4 is 5.71 Å². The smallest absolute Gasteiger partial charge is 0.213 e. The van der Waals surface area contributed by atoms with Crippen LogP contribution in [0.25, 0.3) is 0 Å². The highest BCUT2D eigenvalue weighted by Crippen LogP contribution is 2.48. The van der Waals surface area contributed by atoms with Crippen LogP contribution >= 0.6 is 0 Å². The highest BCUT2D eigenvalue weighted by Gasteiger charge is 2.41. The van der Waals surface area contributed by atoms with Crippen molar-refractivity contribution in [3.8, 4) is 17.2 Å². The lowest BCUT2D eigenvalue weighted by atomic mass is 9.95. The molecule has 2 aliphatic heterocycles. The van der Waals surface area contributed by atoms with Crippen molar-refractivity contribution in [2.75, 3.05) is 14.2 Å². The van der Waals surface area contributed by atoms with Gasteiger partial charge < -0.3 is 14.2 Å². The molecule has 6 heteroatoms. The van der Waals surface area contributed by atoms with Crippen molar-refractivity contribution in [2.45, 2.75) is 18.7 Å². The molecule has 152 valence electrons. The molecule has 0 saturated carbocycles. The van der Waals surface area contributed by atoms with Crippen LogP contribution in [0.3, 0.4) is 0 Å². The monoisotopic (exact) mass is 404 g/mol. The van der Waals surface area contributed by atoms with Crippen LogP contribution < -0.4 is 14.2 Å². The number of halogens is 1. The number of rotatable bonds is 4. The fourth-order valence-electron chi connectivity index (χ4n) is 4.08. The zero-order valence-corrected chi connectivity index (χ0v) is 16.7. The Morgan fingerprint density at radius 3 is 2.57 bits per heavy atom. The zero-order chi connectivity index (χ0) is 20.7. The van der Waals surface area contributed by atoms with E-state index in [9.17, 15) is 4.39 Å². The summed E-state index contributed by atoms with van der Waals surface area (Å²) in [4.78, 5) is 0. The molecule has 3 aromatic carbocycles. The molecule has 0 bridgehead atoms. The highest BCUT2D eigenvalue weighted by molar-refractivity contribution is 6.04. The summed E-state index contributed by atoms with van der Waals surface area (Å²) in [6.45, 7) is 0. The van der Waals surface area contributed by atoms with Crippen LogP contribution in [0.15, 0.2) is 71.8 Å². The van der Waals surface area contributed by atoms with Crippen LogP contribution in [-0.2, 0) is 0 Å². The number of nitrogens with zero attached hydrogens (tertiary/aromatic N) is 2. The van der Waals surface area contributed by atoms with Gasteiger partial charge in [0.2, 0.25) is 6.23 Å². The average molecular weight is 404 g/mol. The third kappa shape index (κ3) is 3.05. The molecular weight excluding hydrogens is 383 g/mol. The Kier molecular flexibility index (Phi) is 4.54. The summed E-state index contributed by atoms with van der Waals surface area (Å²) >= 11 is 0. The van der Waals surface area contributed by atoms with Gasteiger partial charge in [-0.1, -0.05) is 30.3 Å². The van der Waals surface area contributed by atoms with Gasteiger partial charge in [-0.25, -0.2) is 9.40 Å². The van der Waals surface area contributed by atoms with E-state index in [2.05, 4.69) is 6.07 Å². The van der Waals surface area contributed by atoms with Gasteiger partial charge in [-0.15, -0.1) is 0 Å². The predicted molar refractivity (Wildman–Crippen MR) is 111 cm³/mol. The minimum absolute atomic E-state index is 0.0202. The van der Waals surface area contributed by atoms with E-state index in [1.54, 1.807) is 26.4 Å². The lowest BCUT2D eigenvalue weighted by molar-refractivity contribution is -0.0190. The lowest BCUT2D eigenvalue weighted by Gasteiger charge is -2.38. The number of hydrogen-bond donors (Lipinski definition) is 0. The number of fused-ring (bicyclic) bond motifs is 3. The summed E-state index contributed by atoms with van der Waals surface area (Å²) in [7, 11) is 3.27. The Bertz CT molecular complexity index is 1110. The van der Waals surface area contributed by atoms with Gasteiger partial charge in [0.25, 0.3) is 0 Å². The summed E-state index contributed by atoms with van der Waals surface area (Å²) in [6.07, 6.45) is 0.271. The third-order valence-electron chi connectivity index (χ3n) is 5.57. The molecule has 0 radical (unpaired) electrons. The van der Waals surface area contributed by atoms with Crippen molar-refractivity contribution < 1.29 is 18.6 Å². The average Bonchev–Trinajstić information content (AvgIpc) is 3.24. The van der Waals surface area contributed by atoms with Gasteiger partial charge >= 0.3 is 0 Å². The van der Waals surface area contributed by atoms with Gasteiger partial charge in [0.05, 0.1) is 26.0 Å². The van der Waals surface area contributed by atoms with E-state index in [1.165, 1.54) is 12.1 Å². The number of hydrogen-bond acceptors (Lipinski definition) is 5. The quantitative estimate of drug-likeness (QED) is 0.608. The molecule has 5 nitrogen and oxygen atoms in total.